The van der Waals surface area contributed by atoms with E-state index in [1.807, 2.05) is 0 Å². The second-order valence-corrected chi connectivity index (χ2v) is 8.09. The Bertz CT molecular complexity index is 1400. The van der Waals surface area contributed by atoms with E-state index in [4.69, 9.17) is 4.42 Å². The molecule has 2 heterocycles. The van der Waals surface area contributed by atoms with Crippen LogP contribution in [-0.2, 0) is 6.18 Å². The molecule has 9 heteroatoms. The Morgan fingerprint density at radius 2 is 1.85 bits per heavy atom. The highest BCUT2D eigenvalue weighted by atomic mass is 19.4. The summed E-state index contributed by atoms with van der Waals surface area (Å²) in [7, 11) is 0. The molecule has 34 heavy (non-hydrogen) atoms. The van der Waals surface area contributed by atoms with Crippen LogP contribution in [0.15, 0.2) is 65.1 Å². The van der Waals surface area contributed by atoms with Gasteiger partial charge in [-0.05, 0) is 60.9 Å². The van der Waals surface area contributed by atoms with Crippen molar-refractivity contribution in [3.63, 3.8) is 0 Å². The molecule has 0 N–H and O–H groups in total. The van der Waals surface area contributed by atoms with Crippen molar-refractivity contribution >= 4 is 17.0 Å². The number of carbonyl (C=O) groups is 1. The molecule has 4 aromatic rings. The van der Waals surface area contributed by atoms with E-state index < -0.39 is 35.3 Å². The van der Waals surface area contributed by atoms with Crippen molar-refractivity contribution in [1.82, 2.24) is 9.88 Å². The first-order chi connectivity index (χ1) is 16.2. The summed E-state index contributed by atoms with van der Waals surface area (Å²) in [5, 5.41) is 0. The average Bonchev–Trinajstić information content (AvgIpc) is 3.44. The lowest BCUT2D eigenvalue weighted by Gasteiger charge is -2.22. The number of carbonyl (C=O) groups excluding carboxylic acids is 1. The van der Waals surface area contributed by atoms with Crippen LogP contribution in [0.25, 0.3) is 22.2 Å². The Hall–Kier alpha value is -3.75. The van der Waals surface area contributed by atoms with Gasteiger partial charge in [-0.15, -0.1) is 0 Å². The fourth-order valence-corrected chi connectivity index (χ4v) is 4.24. The molecule has 1 unspecified atom stereocenters. The lowest BCUT2D eigenvalue weighted by atomic mass is 10.0. The Morgan fingerprint density at radius 1 is 1.03 bits per heavy atom. The molecule has 5 rings (SSSR count). The van der Waals surface area contributed by atoms with Gasteiger partial charge in [0.15, 0.2) is 5.58 Å². The van der Waals surface area contributed by atoms with Gasteiger partial charge in [0.25, 0.3) is 5.91 Å². The molecule has 0 radical (unpaired) electrons. The van der Waals surface area contributed by atoms with Gasteiger partial charge in [-0.2, -0.15) is 13.2 Å². The van der Waals surface area contributed by atoms with Crippen molar-refractivity contribution in [2.75, 3.05) is 6.54 Å². The Labute approximate surface area is 190 Å². The zero-order chi connectivity index (χ0) is 24.0. The van der Waals surface area contributed by atoms with Crippen LogP contribution in [0, 0.1) is 11.6 Å². The molecule has 1 saturated heterocycles. The van der Waals surface area contributed by atoms with Crippen LogP contribution in [0.3, 0.4) is 0 Å². The largest absolute Gasteiger partial charge is 0.438 e. The van der Waals surface area contributed by atoms with Crippen molar-refractivity contribution in [3.8, 4) is 11.1 Å². The van der Waals surface area contributed by atoms with Crippen molar-refractivity contribution in [3.05, 3.63) is 89.3 Å². The zero-order valence-corrected chi connectivity index (χ0v) is 17.6. The number of hydrogen-bond donors (Lipinski definition) is 0. The third-order valence-corrected chi connectivity index (χ3v) is 5.88. The minimum atomic E-state index is -4.55. The van der Waals surface area contributed by atoms with Crippen LogP contribution in [0.2, 0.25) is 0 Å². The number of halogens is 5. The summed E-state index contributed by atoms with van der Waals surface area (Å²) in [6, 6.07) is 11.9. The normalized spacial score (nSPS) is 16.4. The molecule has 1 amide bonds. The van der Waals surface area contributed by atoms with Crippen LogP contribution in [0.5, 0.6) is 0 Å². The van der Waals surface area contributed by atoms with E-state index in [0.29, 0.717) is 36.0 Å². The maximum Gasteiger partial charge on any atom is 0.416 e. The molecule has 0 aliphatic carbocycles. The number of likely N-dealkylation sites (tertiary alicyclic amines) is 1. The first-order valence-electron chi connectivity index (χ1n) is 10.5. The van der Waals surface area contributed by atoms with Gasteiger partial charge in [0.1, 0.15) is 23.2 Å². The van der Waals surface area contributed by atoms with Crippen LogP contribution in [-0.4, -0.2) is 22.3 Å². The van der Waals surface area contributed by atoms with Crippen molar-refractivity contribution in [2.24, 2.45) is 0 Å². The van der Waals surface area contributed by atoms with Gasteiger partial charge in [0.2, 0.25) is 5.89 Å². The van der Waals surface area contributed by atoms with E-state index in [1.165, 1.54) is 23.1 Å². The molecule has 1 aliphatic heterocycles. The second kappa shape index (κ2) is 8.23. The van der Waals surface area contributed by atoms with Gasteiger partial charge in [0.05, 0.1) is 5.56 Å². The van der Waals surface area contributed by atoms with Crippen LogP contribution >= 0.6 is 0 Å². The van der Waals surface area contributed by atoms with E-state index in [0.717, 1.165) is 24.3 Å². The number of fused-ring (bicyclic) bond motifs is 1. The lowest BCUT2D eigenvalue weighted by molar-refractivity contribution is -0.137. The second-order valence-electron chi connectivity index (χ2n) is 8.09. The molecule has 0 spiro atoms. The summed E-state index contributed by atoms with van der Waals surface area (Å²) in [5.41, 5.74) is 0.570. The predicted molar refractivity (Wildman–Crippen MR) is 114 cm³/mol. The van der Waals surface area contributed by atoms with E-state index in [9.17, 15) is 26.7 Å². The Morgan fingerprint density at radius 3 is 2.62 bits per heavy atom. The number of alkyl halides is 3. The standard InChI is InChI=1S/C25H17F5N2O2/c26-17-7-8-18(19(27)13-17)14-6-9-22-20(12-14)31-23(34-22)21-5-2-10-32(21)24(33)15-3-1-4-16(11-15)25(28,29)30/h1,3-4,6-9,11-13,21H,2,5,10H2. The number of amides is 1. The summed E-state index contributed by atoms with van der Waals surface area (Å²) in [5.74, 6) is -1.68. The van der Waals surface area contributed by atoms with Crippen LogP contribution in [0.1, 0.15) is 40.7 Å². The molecule has 1 aliphatic rings. The topological polar surface area (TPSA) is 46.3 Å². The SMILES string of the molecule is O=C(c1cccc(C(F)(F)F)c1)N1CCCC1c1nc2cc(-c3ccc(F)cc3F)ccc2o1. The molecule has 0 saturated carbocycles. The number of rotatable bonds is 3. The first-order valence-corrected chi connectivity index (χ1v) is 10.5. The number of benzene rings is 3. The average molecular weight is 472 g/mol. The summed E-state index contributed by atoms with van der Waals surface area (Å²) in [4.78, 5) is 19.0. The van der Waals surface area contributed by atoms with Crippen molar-refractivity contribution in [1.29, 1.82) is 0 Å². The zero-order valence-electron chi connectivity index (χ0n) is 17.6. The molecule has 1 aromatic heterocycles. The van der Waals surface area contributed by atoms with E-state index in [1.54, 1.807) is 18.2 Å². The van der Waals surface area contributed by atoms with E-state index in [2.05, 4.69) is 4.98 Å². The van der Waals surface area contributed by atoms with Crippen LogP contribution < -0.4 is 0 Å². The summed E-state index contributed by atoms with van der Waals surface area (Å²) in [6.07, 6.45) is -3.38. The minimum Gasteiger partial charge on any atom is -0.438 e. The third-order valence-electron chi connectivity index (χ3n) is 5.88. The molecule has 3 aromatic carbocycles. The highest BCUT2D eigenvalue weighted by Gasteiger charge is 2.36. The van der Waals surface area contributed by atoms with Gasteiger partial charge in [0, 0.05) is 23.7 Å². The molecule has 1 fully saturated rings. The lowest BCUT2D eigenvalue weighted by Crippen LogP contribution is -2.31. The van der Waals surface area contributed by atoms with E-state index in [-0.39, 0.29) is 17.0 Å². The number of aromatic nitrogens is 1. The monoisotopic (exact) mass is 472 g/mol. The predicted octanol–water partition coefficient (Wildman–Crippen LogP) is 6.77. The number of oxazole rings is 1. The Balaban J connectivity index is 1.45. The summed E-state index contributed by atoms with van der Waals surface area (Å²) >= 11 is 0. The van der Waals surface area contributed by atoms with Gasteiger partial charge in [-0.3, -0.25) is 4.79 Å². The fraction of sp³-hybridized carbons (Fsp3) is 0.200. The van der Waals surface area contributed by atoms with Gasteiger partial charge < -0.3 is 9.32 Å². The molecule has 174 valence electrons. The molecule has 4 nitrogen and oxygen atoms in total. The third kappa shape index (κ3) is 4.02. The summed E-state index contributed by atoms with van der Waals surface area (Å²) < 4.78 is 72.5. The maximum atomic E-state index is 14.2. The van der Waals surface area contributed by atoms with Crippen molar-refractivity contribution < 1.29 is 31.2 Å². The van der Waals surface area contributed by atoms with Gasteiger partial charge in [-0.1, -0.05) is 12.1 Å². The molecule has 1 atom stereocenters. The summed E-state index contributed by atoms with van der Waals surface area (Å²) in [6.45, 7) is 0.352. The van der Waals surface area contributed by atoms with Gasteiger partial charge in [-0.25, -0.2) is 13.8 Å². The quantitative estimate of drug-likeness (QED) is 0.309. The fourth-order valence-electron chi connectivity index (χ4n) is 4.24. The number of nitrogens with zero attached hydrogens (tertiary/aromatic N) is 2. The highest BCUT2D eigenvalue weighted by Crippen LogP contribution is 2.36. The van der Waals surface area contributed by atoms with Gasteiger partial charge >= 0.3 is 6.18 Å². The smallest absolute Gasteiger partial charge is 0.416 e. The first kappa shape index (κ1) is 22.1. The number of hydrogen-bond acceptors (Lipinski definition) is 3. The molecular formula is C25H17F5N2O2. The van der Waals surface area contributed by atoms with Crippen LogP contribution in [0.4, 0.5) is 22.0 Å². The van der Waals surface area contributed by atoms with E-state index >= 15 is 0 Å². The maximum absolute atomic E-state index is 14.2. The van der Waals surface area contributed by atoms with Crippen molar-refractivity contribution in [2.45, 2.75) is 25.1 Å². The minimum absolute atomic E-state index is 0.0630. The molecule has 0 bridgehead atoms. The molecular weight excluding hydrogens is 455 g/mol. The highest BCUT2D eigenvalue weighted by molar-refractivity contribution is 5.95. The Kier molecular flexibility index (Phi) is 5.34.